The molecular formula is C18H26N2O3S. The number of rotatable bonds is 6. The Morgan fingerprint density at radius 3 is 2.46 bits per heavy atom. The summed E-state index contributed by atoms with van der Waals surface area (Å²) in [5.41, 5.74) is 0.572. The van der Waals surface area contributed by atoms with Crippen molar-refractivity contribution in [2.45, 2.75) is 38.5 Å². The topological polar surface area (TPSA) is 58.6 Å². The van der Waals surface area contributed by atoms with E-state index in [1.807, 2.05) is 43.2 Å². The molecule has 1 heterocycles. The van der Waals surface area contributed by atoms with Gasteiger partial charge in [-0.25, -0.2) is 0 Å². The molecule has 1 N–H and O–H groups in total. The number of hydrogen-bond acceptors (Lipinski definition) is 4. The van der Waals surface area contributed by atoms with Gasteiger partial charge in [0.15, 0.2) is 0 Å². The number of carbonyl (C=O) groups is 2. The van der Waals surface area contributed by atoms with Crippen molar-refractivity contribution in [3.05, 3.63) is 35.9 Å². The molecule has 3 atom stereocenters. The van der Waals surface area contributed by atoms with Gasteiger partial charge in [0.25, 0.3) is 5.91 Å². The lowest BCUT2D eigenvalue weighted by molar-refractivity contribution is -0.145. The van der Waals surface area contributed by atoms with Crippen LogP contribution in [0.5, 0.6) is 0 Å². The van der Waals surface area contributed by atoms with Gasteiger partial charge in [-0.2, -0.15) is 11.8 Å². The largest absolute Gasteiger partial charge is 0.372 e. The quantitative estimate of drug-likeness (QED) is 0.854. The highest BCUT2D eigenvalue weighted by atomic mass is 32.2. The van der Waals surface area contributed by atoms with Crippen molar-refractivity contribution >= 4 is 23.6 Å². The van der Waals surface area contributed by atoms with E-state index >= 15 is 0 Å². The maximum Gasteiger partial charge on any atom is 0.251 e. The summed E-state index contributed by atoms with van der Waals surface area (Å²) in [4.78, 5) is 27.1. The van der Waals surface area contributed by atoms with Crippen LogP contribution in [0.15, 0.2) is 30.3 Å². The van der Waals surface area contributed by atoms with Gasteiger partial charge in [-0.1, -0.05) is 18.2 Å². The molecule has 0 aliphatic carbocycles. The molecule has 0 unspecified atom stereocenters. The van der Waals surface area contributed by atoms with Crippen LogP contribution in [-0.2, 0) is 9.53 Å². The van der Waals surface area contributed by atoms with Crippen molar-refractivity contribution in [2.75, 3.05) is 25.1 Å². The molecule has 2 amide bonds. The average molecular weight is 350 g/mol. The third-order valence-electron chi connectivity index (χ3n) is 3.98. The molecule has 0 saturated carbocycles. The molecule has 0 bridgehead atoms. The minimum atomic E-state index is -0.498. The van der Waals surface area contributed by atoms with Crippen LogP contribution in [0.1, 0.15) is 30.6 Å². The summed E-state index contributed by atoms with van der Waals surface area (Å²) in [6, 6.07) is 8.51. The first kappa shape index (κ1) is 18.8. The number of thioether (sulfide) groups is 1. The van der Waals surface area contributed by atoms with Crippen molar-refractivity contribution in [1.82, 2.24) is 10.2 Å². The molecule has 0 radical (unpaired) electrons. The summed E-state index contributed by atoms with van der Waals surface area (Å²) in [5.74, 6) is 0.598. The Kier molecular flexibility index (Phi) is 7.12. The molecule has 5 nitrogen and oxygen atoms in total. The van der Waals surface area contributed by atoms with Crippen molar-refractivity contribution in [3.63, 3.8) is 0 Å². The van der Waals surface area contributed by atoms with Gasteiger partial charge in [0, 0.05) is 18.7 Å². The van der Waals surface area contributed by atoms with Crippen LogP contribution in [-0.4, -0.2) is 60.1 Å². The maximum atomic E-state index is 12.9. The monoisotopic (exact) mass is 350 g/mol. The molecule has 1 aromatic carbocycles. The van der Waals surface area contributed by atoms with Crippen LogP contribution in [0, 0.1) is 0 Å². The van der Waals surface area contributed by atoms with Crippen molar-refractivity contribution in [1.29, 1.82) is 0 Å². The summed E-state index contributed by atoms with van der Waals surface area (Å²) < 4.78 is 5.69. The number of carbonyl (C=O) groups excluding carboxylic acids is 2. The lowest BCUT2D eigenvalue weighted by atomic mass is 10.1. The molecule has 24 heavy (non-hydrogen) atoms. The second-order valence-corrected chi connectivity index (χ2v) is 7.16. The Morgan fingerprint density at radius 1 is 1.25 bits per heavy atom. The van der Waals surface area contributed by atoms with Crippen molar-refractivity contribution in [2.24, 2.45) is 0 Å². The third kappa shape index (κ3) is 5.24. The zero-order chi connectivity index (χ0) is 17.5. The van der Waals surface area contributed by atoms with Crippen molar-refractivity contribution in [3.8, 4) is 0 Å². The van der Waals surface area contributed by atoms with Crippen LogP contribution in [0.3, 0.4) is 0 Å². The van der Waals surface area contributed by atoms with E-state index in [2.05, 4.69) is 5.32 Å². The highest BCUT2D eigenvalue weighted by molar-refractivity contribution is 7.98. The fourth-order valence-electron chi connectivity index (χ4n) is 2.90. The molecule has 0 aromatic heterocycles. The second kappa shape index (κ2) is 9.08. The van der Waals surface area contributed by atoms with Crippen LogP contribution in [0.4, 0.5) is 0 Å². The summed E-state index contributed by atoms with van der Waals surface area (Å²) in [7, 11) is 0. The van der Waals surface area contributed by atoms with E-state index in [0.29, 0.717) is 25.1 Å². The number of amides is 2. The molecule has 0 spiro atoms. The lowest BCUT2D eigenvalue weighted by Crippen LogP contribution is -2.55. The Morgan fingerprint density at radius 2 is 1.88 bits per heavy atom. The standard InChI is InChI=1S/C18H26N2O3S/c1-13-11-20(12-14(2)23-13)18(22)16(9-10-24-3)19-17(21)15-7-5-4-6-8-15/h4-8,13-14,16H,9-12H2,1-3H3,(H,19,21)/t13-,14+,16-/m0/s1. The molecule has 6 heteroatoms. The third-order valence-corrected chi connectivity index (χ3v) is 4.63. The molecule has 2 rings (SSSR count). The second-order valence-electron chi connectivity index (χ2n) is 6.17. The molecule has 1 aliphatic heterocycles. The summed E-state index contributed by atoms with van der Waals surface area (Å²) in [6.45, 7) is 5.07. The van der Waals surface area contributed by atoms with E-state index in [1.165, 1.54) is 0 Å². The van der Waals surface area contributed by atoms with Gasteiger partial charge < -0.3 is 15.0 Å². The van der Waals surface area contributed by atoms with E-state index in [1.54, 1.807) is 23.9 Å². The van der Waals surface area contributed by atoms with Gasteiger partial charge in [-0.05, 0) is 44.4 Å². The number of ether oxygens (including phenoxy) is 1. The van der Waals surface area contributed by atoms with Crippen molar-refractivity contribution < 1.29 is 14.3 Å². The number of nitrogens with zero attached hydrogens (tertiary/aromatic N) is 1. The predicted octanol–water partition coefficient (Wildman–Crippen LogP) is 2.17. The molecule has 1 saturated heterocycles. The highest BCUT2D eigenvalue weighted by Crippen LogP contribution is 2.14. The fourth-order valence-corrected chi connectivity index (χ4v) is 3.37. The predicted molar refractivity (Wildman–Crippen MR) is 97.3 cm³/mol. The van der Waals surface area contributed by atoms with Gasteiger partial charge in [-0.15, -0.1) is 0 Å². The Labute approximate surface area is 148 Å². The Balaban J connectivity index is 2.06. The van der Waals surface area contributed by atoms with E-state index in [-0.39, 0.29) is 24.0 Å². The first-order chi connectivity index (χ1) is 11.5. The van der Waals surface area contributed by atoms with E-state index in [9.17, 15) is 9.59 Å². The minimum absolute atomic E-state index is 0.0173. The van der Waals surface area contributed by atoms with Gasteiger partial charge >= 0.3 is 0 Å². The van der Waals surface area contributed by atoms with Gasteiger partial charge in [0.05, 0.1) is 12.2 Å². The van der Waals surface area contributed by atoms with Crippen LogP contribution in [0.2, 0.25) is 0 Å². The smallest absolute Gasteiger partial charge is 0.251 e. The zero-order valence-electron chi connectivity index (χ0n) is 14.5. The van der Waals surface area contributed by atoms with Crippen LogP contribution >= 0.6 is 11.8 Å². The molecule has 1 fully saturated rings. The zero-order valence-corrected chi connectivity index (χ0v) is 15.3. The summed E-state index contributed by atoms with van der Waals surface area (Å²) in [6.07, 6.45) is 2.66. The average Bonchev–Trinajstić information content (AvgIpc) is 2.57. The lowest BCUT2D eigenvalue weighted by Gasteiger charge is -2.37. The van der Waals surface area contributed by atoms with Crippen LogP contribution in [0.25, 0.3) is 0 Å². The number of nitrogens with one attached hydrogen (secondary N) is 1. The first-order valence-electron chi connectivity index (χ1n) is 8.30. The van der Waals surface area contributed by atoms with Gasteiger partial charge in [0.1, 0.15) is 6.04 Å². The Bertz CT molecular complexity index is 542. The summed E-state index contributed by atoms with van der Waals surface area (Å²) in [5, 5.41) is 2.91. The normalized spacial score (nSPS) is 22.0. The molecule has 132 valence electrons. The number of benzene rings is 1. The SMILES string of the molecule is CSCC[C@H](NC(=O)c1ccccc1)C(=O)N1C[C@@H](C)O[C@@H](C)C1. The molecular weight excluding hydrogens is 324 g/mol. The Hall–Kier alpha value is -1.53. The first-order valence-corrected chi connectivity index (χ1v) is 9.69. The van der Waals surface area contributed by atoms with E-state index in [4.69, 9.17) is 4.74 Å². The van der Waals surface area contributed by atoms with Gasteiger partial charge in [-0.3, -0.25) is 9.59 Å². The van der Waals surface area contributed by atoms with E-state index in [0.717, 1.165) is 5.75 Å². The fraction of sp³-hybridized carbons (Fsp3) is 0.556. The summed E-state index contributed by atoms with van der Waals surface area (Å²) >= 11 is 1.67. The minimum Gasteiger partial charge on any atom is -0.372 e. The highest BCUT2D eigenvalue weighted by Gasteiger charge is 2.31. The number of hydrogen-bond donors (Lipinski definition) is 1. The van der Waals surface area contributed by atoms with Gasteiger partial charge in [0.2, 0.25) is 5.91 Å². The van der Waals surface area contributed by atoms with Crippen LogP contribution < -0.4 is 5.32 Å². The number of morpholine rings is 1. The van der Waals surface area contributed by atoms with E-state index < -0.39 is 6.04 Å². The molecule has 1 aromatic rings. The maximum absolute atomic E-state index is 12.9. The molecule has 1 aliphatic rings.